The van der Waals surface area contributed by atoms with Gasteiger partial charge in [0.25, 0.3) is 0 Å². The van der Waals surface area contributed by atoms with Crippen LogP contribution in [-0.2, 0) is 0 Å². The summed E-state index contributed by atoms with van der Waals surface area (Å²) in [5.41, 5.74) is 0. The summed E-state index contributed by atoms with van der Waals surface area (Å²) in [6.45, 7) is 3.56. The summed E-state index contributed by atoms with van der Waals surface area (Å²) in [6, 6.07) is 0. The highest BCUT2D eigenvalue weighted by Crippen LogP contribution is 2.21. The highest BCUT2D eigenvalue weighted by Gasteiger charge is 2.25. The zero-order valence-corrected chi connectivity index (χ0v) is 9.35. The Hall–Kier alpha value is -0.870. The lowest BCUT2D eigenvalue weighted by Crippen LogP contribution is -2.43. The Kier molecular flexibility index (Phi) is 3.07. The van der Waals surface area contributed by atoms with E-state index in [0.29, 0.717) is 17.6 Å². The molecule has 2 heterocycles. The Balaban J connectivity index is 2.12. The summed E-state index contributed by atoms with van der Waals surface area (Å²) >= 11 is 5.77. The average molecular weight is 228 g/mol. The van der Waals surface area contributed by atoms with E-state index in [4.69, 9.17) is 11.6 Å². The molecule has 82 valence electrons. The topological polar surface area (TPSA) is 49.2 Å². The van der Waals surface area contributed by atoms with Crippen molar-refractivity contribution in [1.29, 1.82) is 0 Å². The number of β-amino-alcohol motifs (C(OH)–C–C–N with tert-alkyl or cyclic N) is 1. The minimum atomic E-state index is -0.292. The van der Waals surface area contributed by atoms with Crippen molar-refractivity contribution in [2.24, 2.45) is 5.92 Å². The summed E-state index contributed by atoms with van der Waals surface area (Å²) in [7, 11) is 0. The van der Waals surface area contributed by atoms with Gasteiger partial charge in [0, 0.05) is 13.1 Å². The van der Waals surface area contributed by atoms with Gasteiger partial charge in [0.2, 0.25) is 0 Å². The second kappa shape index (κ2) is 4.33. The number of rotatable bonds is 1. The third kappa shape index (κ3) is 2.38. The normalized spacial score (nSPS) is 26.7. The van der Waals surface area contributed by atoms with E-state index in [1.165, 1.54) is 6.20 Å². The SMILES string of the molecule is CC1CCN(c2cncc(Cl)n2)CC1O. The highest BCUT2D eigenvalue weighted by molar-refractivity contribution is 6.29. The summed E-state index contributed by atoms with van der Waals surface area (Å²) in [4.78, 5) is 10.2. The zero-order valence-electron chi connectivity index (χ0n) is 8.60. The molecule has 1 aromatic rings. The summed E-state index contributed by atoms with van der Waals surface area (Å²) < 4.78 is 0. The van der Waals surface area contributed by atoms with Crippen LogP contribution in [0, 0.1) is 5.92 Å². The van der Waals surface area contributed by atoms with Crippen LogP contribution in [0.5, 0.6) is 0 Å². The van der Waals surface area contributed by atoms with Crippen molar-refractivity contribution < 1.29 is 5.11 Å². The van der Waals surface area contributed by atoms with Crippen molar-refractivity contribution in [1.82, 2.24) is 9.97 Å². The van der Waals surface area contributed by atoms with Crippen LogP contribution < -0.4 is 4.90 Å². The molecule has 0 bridgehead atoms. The molecule has 1 fully saturated rings. The van der Waals surface area contributed by atoms with Crippen LogP contribution in [0.25, 0.3) is 0 Å². The summed E-state index contributed by atoms with van der Waals surface area (Å²) in [5.74, 6) is 1.10. The Bertz CT molecular complexity index is 347. The van der Waals surface area contributed by atoms with E-state index >= 15 is 0 Å². The van der Waals surface area contributed by atoms with Gasteiger partial charge in [-0.05, 0) is 12.3 Å². The molecule has 1 aliphatic heterocycles. The van der Waals surface area contributed by atoms with E-state index in [9.17, 15) is 5.11 Å². The van der Waals surface area contributed by atoms with Gasteiger partial charge < -0.3 is 10.0 Å². The van der Waals surface area contributed by atoms with E-state index in [1.807, 2.05) is 4.90 Å². The van der Waals surface area contributed by atoms with Crippen molar-refractivity contribution in [3.05, 3.63) is 17.5 Å². The fourth-order valence-electron chi connectivity index (χ4n) is 1.74. The summed E-state index contributed by atoms with van der Waals surface area (Å²) in [6.07, 6.45) is 3.86. The Morgan fingerprint density at radius 3 is 3.00 bits per heavy atom. The van der Waals surface area contributed by atoms with Crippen LogP contribution in [-0.4, -0.2) is 34.3 Å². The standard InChI is InChI=1S/C10H14ClN3O/c1-7-2-3-14(6-8(7)15)10-5-12-4-9(11)13-10/h4-5,7-8,15H,2-3,6H2,1H3. The maximum absolute atomic E-state index is 9.76. The predicted molar refractivity (Wildman–Crippen MR) is 59.0 cm³/mol. The van der Waals surface area contributed by atoms with Crippen molar-refractivity contribution in [3.63, 3.8) is 0 Å². The quantitative estimate of drug-likeness (QED) is 0.787. The van der Waals surface area contributed by atoms with Crippen molar-refractivity contribution in [2.45, 2.75) is 19.4 Å². The number of hydrogen-bond acceptors (Lipinski definition) is 4. The Morgan fingerprint density at radius 2 is 2.33 bits per heavy atom. The van der Waals surface area contributed by atoms with Gasteiger partial charge in [0.05, 0.1) is 18.5 Å². The minimum Gasteiger partial charge on any atom is -0.391 e. The third-order valence-corrected chi connectivity index (χ3v) is 3.02. The molecule has 1 N–H and O–H groups in total. The predicted octanol–water partition coefficient (Wildman–Crippen LogP) is 1.34. The van der Waals surface area contributed by atoms with Crippen LogP contribution in [0.1, 0.15) is 13.3 Å². The molecule has 2 atom stereocenters. The number of nitrogens with zero attached hydrogens (tertiary/aromatic N) is 3. The van der Waals surface area contributed by atoms with Crippen molar-refractivity contribution >= 4 is 17.4 Å². The average Bonchev–Trinajstić information content (AvgIpc) is 2.22. The van der Waals surface area contributed by atoms with Crippen LogP contribution >= 0.6 is 11.6 Å². The molecular formula is C10H14ClN3O. The first-order chi connectivity index (χ1) is 7.16. The van der Waals surface area contributed by atoms with E-state index in [2.05, 4.69) is 16.9 Å². The first-order valence-electron chi connectivity index (χ1n) is 5.07. The first kappa shape index (κ1) is 10.6. The van der Waals surface area contributed by atoms with Gasteiger partial charge >= 0.3 is 0 Å². The summed E-state index contributed by atoms with van der Waals surface area (Å²) in [5, 5.41) is 10.1. The molecule has 0 amide bonds. The van der Waals surface area contributed by atoms with Gasteiger partial charge in [0.15, 0.2) is 0 Å². The number of hydrogen-bond donors (Lipinski definition) is 1. The molecule has 1 saturated heterocycles. The number of anilines is 1. The number of aliphatic hydroxyl groups is 1. The largest absolute Gasteiger partial charge is 0.391 e. The van der Waals surface area contributed by atoms with Crippen LogP contribution in [0.2, 0.25) is 5.15 Å². The van der Waals surface area contributed by atoms with Gasteiger partial charge in [-0.2, -0.15) is 0 Å². The van der Waals surface area contributed by atoms with Gasteiger partial charge in [-0.25, -0.2) is 4.98 Å². The lowest BCUT2D eigenvalue weighted by atomic mass is 9.96. The van der Waals surface area contributed by atoms with E-state index < -0.39 is 0 Å². The van der Waals surface area contributed by atoms with Crippen molar-refractivity contribution in [3.8, 4) is 0 Å². The van der Waals surface area contributed by atoms with Crippen molar-refractivity contribution in [2.75, 3.05) is 18.0 Å². The van der Waals surface area contributed by atoms with Gasteiger partial charge in [-0.15, -0.1) is 0 Å². The van der Waals surface area contributed by atoms with Crippen LogP contribution in [0.3, 0.4) is 0 Å². The Morgan fingerprint density at radius 1 is 1.53 bits per heavy atom. The third-order valence-electron chi connectivity index (χ3n) is 2.84. The smallest absolute Gasteiger partial charge is 0.149 e. The number of aromatic nitrogens is 2. The molecular weight excluding hydrogens is 214 g/mol. The molecule has 2 rings (SSSR count). The maximum atomic E-state index is 9.76. The molecule has 15 heavy (non-hydrogen) atoms. The zero-order chi connectivity index (χ0) is 10.8. The first-order valence-corrected chi connectivity index (χ1v) is 5.45. The maximum Gasteiger partial charge on any atom is 0.149 e. The highest BCUT2D eigenvalue weighted by atomic mass is 35.5. The number of halogens is 1. The lowest BCUT2D eigenvalue weighted by molar-refractivity contribution is 0.102. The number of aliphatic hydroxyl groups excluding tert-OH is 1. The van der Waals surface area contributed by atoms with Gasteiger partial charge in [-0.3, -0.25) is 4.98 Å². The van der Waals surface area contributed by atoms with Gasteiger partial charge in [-0.1, -0.05) is 18.5 Å². The van der Waals surface area contributed by atoms with E-state index in [1.54, 1.807) is 6.20 Å². The second-order valence-electron chi connectivity index (χ2n) is 3.98. The fourth-order valence-corrected chi connectivity index (χ4v) is 1.88. The van der Waals surface area contributed by atoms with Crippen LogP contribution in [0.15, 0.2) is 12.4 Å². The molecule has 0 saturated carbocycles. The molecule has 1 aliphatic rings. The number of piperidine rings is 1. The molecule has 0 aliphatic carbocycles. The Labute approximate surface area is 93.9 Å². The monoisotopic (exact) mass is 227 g/mol. The molecule has 0 radical (unpaired) electrons. The molecule has 0 aromatic carbocycles. The van der Waals surface area contributed by atoms with E-state index in [-0.39, 0.29) is 6.10 Å². The minimum absolute atomic E-state index is 0.292. The molecule has 0 spiro atoms. The van der Waals surface area contributed by atoms with Crippen LogP contribution in [0.4, 0.5) is 5.82 Å². The lowest BCUT2D eigenvalue weighted by Gasteiger charge is -2.34. The second-order valence-corrected chi connectivity index (χ2v) is 4.37. The molecule has 5 heteroatoms. The molecule has 4 nitrogen and oxygen atoms in total. The van der Waals surface area contributed by atoms with Gasteiger partial charge in [0.1, 0.15) is 11.0 Å². The molecule has 2 unspecified atom stereocenters. The van der Waals surface area contributed by atoms with E-state index in [0.717, 1.165) is 18.8 Å². The fraction of sp³-hybridized carbons (Fsp3) is 0.600. The molecule has 1 aromatic heterocycles.